The number of benzene rings is 2. The van der Waals surface area contributed by atoms with Crippen LogP contribution in [0.4, 0.5) is 11.4 Å². The molecule has 0 saturated carbocycles. The fourth-order valence-electron chi connectivity index (χ4n) is 3.75. The van der Waals surface area contributed by atoms with Crippen molar-refractivity contribution < 1.29 is 18.8 Å². The quantitative estimate of drug-likeness (QED) is 0.562. The third-order valence-corrected chi connectivity index (χ3v) is 5.93. The highest BCUT2D eigenvalue weighted by Gasteiger charge is 2.22. The Bertz CT molecular complexity index is 1190. The van der Waals surface area contributed by atoms with Crippen LogP contribution in [0.3, 0.4) is 0 Å². The molecule has 3 amide bonds. The average molecular weight is 481 g/mol. The molecule has 2 N–H and O–H groups in total. The molecule has 34 heavy (non-hydrogen) atoms. The minimum atomic E-state index is -0.405. The summed E-state index contributed by atoms with van der Waals surface area (Å²) in [7, 11) is 0. The summed E-state index contributed by atoms with van der Waals surface area (Å²) in [4.78, 5) is 41.5. The summed E-state index contributed by atoms with van der Waals surface area (Å²) in [5.74, 6) is -0.759. The lowest BCUT2D eigenvalue weighted by Crippen LogP contribution is -2.51. The summed E-state index contributed by atoms with van der Waals surface area (Å²) in [6, 6.07) is 15.8. The number of furan rings is 1. The summed E-state index contributed by atoms with van der Waals surface area (Å²) in [6.07, 6.45) is 1.42. The van der Waals surface area contributed by atoms with Crippen LogP contribution in [0.5, 0.6) is 0 Å². The molecule has 2 heterocycles. The molecule has 1 fully saturated rings. The van der Waals surface area contributed by atoms with E-state index in [-0.39, 0.29) is 24.1 Å². The van der Waals surface area contributed by atoms with Crippen molar-refractivity contribution in [3.63, 3.8) is 0 Å². The molecule has 1 aliphatic heterocycles. The van der Waals surface area contributed by atoms with E-state index in [1.165, 1.54) is 6.26 Å². The van der Waals surface area contributed by atoms with Crippen molar-refractivity contribution in [1.29, 1.82) is 0 Å². The molecule has 3 aromatic rings. The SMILES string of the molecule is Cc1ccc(C(=O)NCC(=O)N2CCN(c3cccc(Cl)c3)CC2)cc1NC(=O)c1ccco1. The van der Waals surface area contributed by atoms with Gasteiger partial charge in [0, 0.05) is 48.1 Å². The standard InChI is InChI=1S/C25H25ClN4O4/c1-17-7-8-18(14-21(17)28-25(33)22-6-3-13-34-22)24(32)27-16-23(31)30-11-9-29(10-12-30)20-5-2-4-19(26)15-20/h2-8,13-15H,9-12,16H2,1H3,(H,27,32)(H,28,33). The van der Waals surface area contributed by atoms with Gasteiger partial charge in [0.05, 0.1) is 12.8 Å². The lowest BCUT2D eigenvalue weighted by atomic mass is 10.1. The summed E-state index contributed by atoms with van der Waals surface area (Å²) < 4.78 is 5.10. The van der Waals surface area contributed by atoms with E-state index in [2.05, 4.69) is 15.5 Å². The van der Waals surface area contributed by atoms with Gasteiger partial charge in [0.1, 0.15) is 0 Å². The maximum Gasteiger partial charge on any atom is 0.291 e. The lowest BCUT2D eigenvalue weighted by molar-refractivity contribution is -0.130. The first-order chi connectivity index (χ1) is 16.4. The zero-order valence-corrected chi connectivity index (χ0v) is 19.5. The van der Waals surface area contributed by atoms with Crippen LogP contribution >= 0.6 is 11.6 Å². The molecular formula is C25H25ClN4O4. The summed E-state index contributed by atoms with van der Waals surface area (Å²) in [6.45, 7) is 4.24. The van der Waals surface area contributed by atoms with Gasteiger partial charge in [0.15, 0.2) is 5.76 Å². The first-order valence-corrected chi connectivity index (χ1v) is 11.3. The number of carbonyl (C=O) groups is 3. The van der Waals surface area contributed by atoms with E-state index < -0.39 is 5.91 Å². The largest absolute Gasteiger partial charge is 0.459 e. The van der Waals surface area contributed by atoms with Gasteiger partial charge in [-0.15, -0.1) is 0 Å². The molecular weight excluding hydrogens is 456 g/mol. The lowest BCUT2D eigenvalue weighted by Gasteiger charge is -2.36. The first-order valence-electron chi connectivity index (χ1n) is 10.9. The Kier molecular flexibility index (Phi) is 7.18. The van der Waals surface area contributed by atoms with Gasteiger partial charge >= 0.3 is 0 Å². The number of piperazine rings is 1. The molecule has 176 valence electrons. The van der Waals surface area contributed by atoms with Crippen molar-refractivity contribution in [2.75, 3.05) is 42.9 Å². The number of halogens is 1. The molecule has 0 spiro atoms. The molecule has 0 atom stereocenters. The number of aryl methyl sites for hydroxylation is 1. The summed E-state index contributed by atoms with van der Waals surface area (Å²) >= 11 is 6.07. The Hall–Kier alpha value is -3.78. The number of anilines is 2. The topological polar surface area (TPSA) is 94.9 Å². The van der Waals surface area contributed by atoms with E-state index >= 15 is 0 Å². The second-order valence-corrected chi connectivity index (χ2v) is 8.43. The van der Waals surface area contributed by atoms with E-state index in [1.54, 1.807) is 35.2 Å². The number of nitrogens with zero attached hydrogens (tertiary/aromatic N) is 2. The van der Waals surface area contributed by atoms with Crippen LogP contribution in [0.1, 0.15) is 26.5 Å². The van der Waals surface area contributed by atoms with E-state index in [0.717, 1.165) is 11.3 Å². The molecule has 8 nitrogen and oxygen atoms in total. The number of carbonyl (C=O) groups excluding carboxylic acids is 3. The van der Waals surface area contributed by atoms with Gasteiger partial charge in [-0.25, -0.2) is 0 Å². The van der Waals surface area contributed by atoms with Gasteiger partial charge in [0.2, 0.25) is 5.91 Å². The Morgan fingerprint density at radius 3 is 2.47 bits per heavy atom. The molecule has 1 aliphatic rings. The molecule has 2 aromatic carbocycles. The maximum atomic E-state index is 12.6. The fourth-order valence-corrected chi connectivity index (χ4v) is 3.93. The highest BCUT2D eigenvalue weighted by molar-refractivity contribution is 6.30. The van der Waals surface area contributed by atoms with Crippen LogP contribution in [-0.2, 0) is 4.79 Å². The van der Waals surface area contributed by atoms with Crippen molar-refractivity contribution in [3.8, 4) is 0 Å². The van der Waals surface area contributed by atoms with Crippen LogP contribution in [0.2, 0.25) is 5.02 Å². The smallest absolute Gasteiger partial charge is 0.291 e. The second-order valence-electron chi connectivity index (χ2n) is 7.99. The predicted molar refractivity (Wildman–Crippen MR) is 130 cm³/mol. The highest BCUT2D eigenvalue weighted by Crippen LogP contribution is 2.21. The molecule has 4 rings (SSSR count). The average Bonchev–Trinajstić information content (AvgIpc) is 3.39. The number of rotatable bonds is 6. The molecule has 0 bridgehead atoms. The zero-order chi connectivity index (χ0) is 24.1. The number of hydrogen-bond acceptors (Lipinski definition) is 5. The van der Waals surface area contributed by atoms with Crippen molar-refractivity contribution in [1.82, 2.24) is 10.2 Å². The van der Waals surface area contributed by atoms with E-state index in [4.69, 9.17) is 16.0 Å². The van der Waals surface area contributed by atoms with E-state index in [9.17, 15) is 14.4 Å². The molecule has 0 radical (unpaired) electrons. The summed E-state index contributed by atoms with van der Waals surface area (Å²) in [5, 5.41) is 6.11. The van der Waals surface area contributed by atoms with Crippen molar-refractivity contribution in [3.05, 3.63) is 82.8 Å². The van der Waals surface area contributed by atoms with E-state index in [1.807, 2.05) is 31.2 Å². The highest BCUT2D eigenvalue weighted by atomic mass is 35.5. The minimum Gasteiger partial charge on any atom is -0.459 e. The van der Waals surface area contributed by atoms with Gasteiger partial charge in [0.25, 0.3) is 11.8 Å². The van der Waals surface area contributed by atoms with E-state index in [0.29, 0.717) is 42.5 Å². The van der Waals surface area contributed by atoms with Crippen molar-refractivity contribution in [2.45, 2.75) is 6.92 Å². The van der Waals surface area contributed by atoms with Gasteiger partial charge in [-0.05, 0) is 55.0 Å². The Morgan fingerprint density at radius 2 is 1.76 bits per heavy atom. The third-order valence-electron chi connectivity index (χ3n) is 5.70. The Labute approximate surface area is 202 Å². The first kappa shape index (κ1) is 23.4. The van der Waals surface area contributed by atoms with Crippen molar-refractivity contribution in [2.24, 2.45) is 0 Å². The third kappa shape index (κ3) is 5.58. The monoisotopic (exact) mass is 480 g/mol. The number of nitrogens with one attached hydrogen (secondary N) is 2. The Morgan fingerprint density at radius 1 is 0.971 bits per heavy atom. The predicted octanol–water partition coefficient (Wildman–Crippen LogP) is 3.57. The van der Waals surface area contributed by atoms with Crippen LogP contribution in [0.15, 0.2) is 65.3 Å². The molecule has 1 aromatic heterocycles. The van der Waals surface area contributed by atoms with Gasteiger partial charge < -0.3 is 24.9 Å². The number of hydrogen-bond donors (Lipinski definition) is 2. The molecule has 0 unspecified atom stereocenters. The minimum absolute atomic E-state index is 0.0992. The molecule has 9 heteroatoms. The Balaban J connectivity index is 1.29. The zero-order valence-electron chi connectivity index (χ0n) is 18.7. The van der Waals surface area contributed by atoms with Crippen LogP contribution in [0, 0.1) is 6.92 Å². The normalized spacial score (nSPS) is 13.5. The van der Waals surface area contributed by atoms with Gasteiger partial charge in [-0.2, -0.15) is 0 Å². The van der Waals surface area contributed by atoms with Crippen LogP contribution in [-0.4, -0.2) is 55.3 Å². The van der Waals surface area contributed by atoms with Gasteiger partial charge in [-0.1, -0.05) is 23.7 Å². The van der Waals surface area contributed by atoms with Crippen LogP contribution < -0.4 is 15.5 Å². The van der Waals surface area contributed by atoms with Crippen LogP contribution in [0.25, 0.3) is 0 Å². The summed E-state index contributed by atoms with van der Waals surface area (Å²) in [5.41, 5.74) is 2.67. The number of amides is 3. The van der Waals surface area contributed by atoms with Gasteiger partial charge in [-0.3, -0.25) is 14.4 Å². The second kappa shape index (κ2) is 10.4. The molecule has 1 saturated heterocycles. The van der Waals surface area contributed by atoms with Crippen molar-refractivity contribution >= 4 is 40.7 Å². The maximum absolute atomic E-state index is 12.6. The molecule has 0 aliphatic carbocycles. The fraction of sp³-hybridized carbons (Fsp3) is 0.240.